The Morgan fingerprint density at radius 2 is 1.82 bits per heavy atom. The molecule has 0 bridgehead atoms. The molecule has 1 atom stereocenters. The van der Waals surface area contributed by atoms with Gasteiger partial charge in [-0.15, -0.1) is 0 Å². The maximum absolute atomic E-state index is 13.2. The van der Waals surface area contributed by atoms with E-state index in [9.17, 15) is 9.59 Å². The molecule has 0 spiro atoms. The number of amides is 2. The van der Waals surface area contributed by atoms with E-state index >= 15 is 0 Å². The zero-order valence-electron chi connectivity index (χ0n) is 19.8. The molecule has 2 amide bonds. The van der Waals surface area contributed by atoms with Crippen LogP contribution in [-0.2, 0) is 9.53 Å². The molecule has 2 heterocycles. The molecule has 0 saturated carbocycles. The first-order valence-corrected chi connectivity index (χ1v) is 12.6. The summed E-state index contributed by atoms with van der Waals surface area (Å²) in [7, 11) is 0. The highest BCUT2D eigenvalue weighted by molar-refractivity contribution is 7.98. The van der Waals surface area contributed by atoms with Crippen molar-refractivity contribution in [2.75, 3.05) is 43.1 Å². The second-order valence-corrected chi connectivity index (χ2v) is 9.91. The number of piperazine rings is 1. The number of rotatable bonds is 7. The smallest absolute Gasteiger partial charge is 0.408 e. The van der Waals surface area contributed by atoms with E-state index in [1.54, 1.807) is 38.9 Å². The third kappa shape index (κ3) is 7.35. The average Bonchev–Trinajstić information content (AvgIpc) is 2.81. The van der Waals surface area contributed by atoms with Crippen molar-refractivity contribution in [3.8, 4) is 11.3 Å². The molecule has 178 valence electrons. The number of thioether (sulfide) groups is 1. The van der Waals surface area contributed by atoms with Crippen molar-refractivity contribution >= 4 is 29.6 Å². The van der Waals surface area contributed by atoms with Crippen molar-refractivity contribution in [3.05, 3.63) is 42.7 Å². The van der Waals surface area contributed by atoms with E-state index in [1.165, 1.54) is 0 Å². The monoisotopic (exact) mass is 471 g/mol. The highest BCUT2D eigenvalue weighted by atomic mass is 32.2. The predicted molar refractivity (Wildman–Crippen MR) is 132 cm³/mol. The van der Waals surface area contributed by atoms with Gasteiger partial charge in [-0.1, -0.05) is 30.3 Å². The summed E-state index contributed by atoms with van der Waals surface area (Å²) in [5.74, 6) is 1.55. The van der Waals surface area contributed by atoms with Crippen LogP contribution in [-0.4, -0.2) is 76.7 Å². The Morgan fingerprint density at radius 1 is 1.12 bits per heavy atom. The number of alkyl carbamates (subject to hydrolysis) is 1. The molecule has 1 saturated heterocycles. The van der Waals surface area contributed by atoms with Gasteiger partial charge in [0, 0.05) is 37.8 Å². The summed E-state index contributed by atoms with van der Waals surface area (Å²) in [6.07, 6.45) is 3.57. The SMILES string of the molecule is CSCCC(NC(=O)OC(C)(C)C)C(=O)N1CCN(c2cc(-c3ccccc3)ncn2)CC1. The molecule has 1 aromatic heterocycles. The second-order valence-electron chi connectivity index (χ2n) is 8.92. The fourth-order valence-corrected chi connectivity index (χ4v) is 4.08. The molecule has 1 aliphatic rings. The summed E-state index contributed by atoms with van der Waals surface area (Å²) in [5.41, 5.74) is 1.30. The topological polar surface area (TPSA) is 87.7 Å². The molecule has 3 rings (SSSR count). The number of benzene rings is 1. The van der Waals surface area contributed by atoms with Crippen LogP contribution in [0.25, 0.3) is 11.3 Å². The Balaban J connectivity index is 1.61. The van der Waals surface area contributed by atoms with Gasteiger partial charge in [-0.3, -0.25) is 4.79 Å². The highest BCUT2D eigenvalue weighted by Gasteiger charge is 2.30. The number of aromatic nitrogens is 2. The fourth-order valence-electron chi connectivity index (χ4n) is 3.61. The van der Waals surface area contributed by atoms with Crippen LogP contribution in [0.2, 0.25) is 0 Å². The van der Waals surface area contributed by atoms with Crippen molar-refractivity contribution in [1.82, 2.24) is 20.2 Å². The van der Waals surface area contributed by atoms with Gasteiger partial charge in [0.15, 0.2) is 0 Å². The molecule has 1 aromatic carbocycles. The molecule has 2 aromatic rings. The number of anilines is 1. The molecule has 1 fully saturated rings. The zero-order chi connectivity index (χ0) is 23.8. The lowest BCUT2D eigenvalue weighted by atomic mass is 10.1. The lowest BCUT2D eigenvalue weighted by Crippen LogP contribution is -2.55. The molecular formula is C24H33N5O3S. The number of nitrogens with zero attached hydrogens (tertiary/aromatic N) is 4. The minimum absolute atomic E-state index is 0.0674. The Kier molecular flexibility index (Phi) is 8.55. The van der Waals surface area contributed by atoms with Gasteiger partial charge in [0.1, 0.15) is 23.8 Å². The second kappa shape index (κ2) is 11.4. The molecular weight excluding hydrogens is 438 g/mol. The van der Waals surface area contributed by atoms with Gasteiger partial charge in [0.05, 0.1) is 5.69 Å². The quantitative estimate of drug-likeness (QED) is 0.662. The standard InChI is InChI=1S/C24H33N5O3S/c1-24(2,3)32-23(31)27-19(10-15-33-4)22(30)29-13-11-28(12-14-29)21-16-20(25-17-26-21)18-8-6-5-7-9-18/h5-9,16-17,19H,10-15H2,1-4H3,(H,27,31). The van der Waals surface area contributed by atoms with Crippen LogP contribution >= 0.6 is 11.8 Å². The molecule has 9 heteroatoms. The van der Waals surface area contributed by atoms with E-state index in [0.29, 0.717) is 32.6 Å². The van der Waals surface area contributed by atoms with E-state index in [-0.39, 0.29) is 5.91 Å². The van der Waals surface area contributed by atoms with E-state index in [1.807, 2.05) is 47.6 Å². The lowest BCUT2D eigenvalue weighted by Gasteiger charge is -2.37. The molecule has 33 heavy (non-hydrogen) atoms. The van der Waals surface area contributed by atoms with Crippen LogP contribution in [0.4, 0.5) is 10.6 Å². The van der Waals surface area contributed by atoms with Gasteiger partial charge >= 0.3 is 6.09 Å². The third-order valence-corrected chi connectivity index (χ3v) is 5.88. The van der Waals surface area contributed by atoms with Crippen LogP contribution in [0.1, 0.15) is 27.2 Å². The number of hydrogen-bond donors (Lipinski definition) is 1. The number of ether oxygens (including phenoxy) is 1. The molecule has 0 radical (unpaired) electrons. The van der Waals surface area contributed by atoms with Gasteiger partial charge in [0.2, 0.25) is 5.91 Å². The number of hydrogen-bond acceptors (Lipinski definition) is 7. The van der Waals surface area contributed by atoms with Crippen LogP contribution in [0, 0.1) is 0 Å². The minimum atomic E-state index is -0.612. The van der Waals surface area contributed by atoms with Gasteiger partial charge in [-0.05, 0) is 39.2 Å². The normalized spacial score (nSPS) is 15.2. The van der Waals surface area contributed by atoms with Crippen LogP contribution in [0.5, 0.6) is 0 Å². The Hall–Kier alpha value is -2.81. The van der Waals surface area contributed by atoms with Crippen molar-refractivity contribution < 1.29 is 14.3 Å². The third-order valence-electron chi connectivity index (χ3n) is 5.24. The largest absolute Gasteiger partial charge is 0.444 e. The van der Waals surface area contributed by atoms with Crippen molar-refractivity contribution in [1.29, 1.82) is 0 Å². The summed E-state index contributed by atoms with van der Waals surface area (Å²) in [6, 6.07) is 11.4. The van der Waals surface area contributed by atoms with Gasteiger partial charge in [0.25, 0.3) is 0 Å². The van der Waals surface area contributed by atoms with Crippen LogP contribution in [0.15, 0.2) is 42.7 Å². The van der Waals surface area contributed by atoms with Crippen molar-refractivity contribution in [2.45, 2.75) is 38.8 Å². The van der Waals surface area contributed by atoms with Crippen LogP contribution < -0.4 is 10.2 Å². The molecule has 1 unspecified atom stereocenters. The van der Waals surface area contributed by atoms with Crippen molar-refractivity contribution in [2.24, 2.45) is 0 Å². The molecule has 0 aliphatic carbocycles. The zero-order valence-corrected chi connectivity index (χ0v) is 20.6. The maximum atomic E-state index is 13.2. The molecule has 1 aliphatic heterocycles. The Morgan fingerprint density at radius 3 is 2.45 bits per heavy atom. The lowest BCUT2D eigenvalue weighted by molar-refractivity contribution is -0.133. The first kappa shape index (κ1) is 24.8. The van der Waals surface area contributed by atoms with E-state index in [0.717, 1.165) is 22.8 Å². The van der Waals surface area contributed by atoms with E-state index in [4.69, 9.17) is 4.74 Å². The summed E-state index contributed by atoms with van der Waals surface area (Å²) in [6.45, 7) is 7.88. The number of carbonyl (C=O) groups is 2. The Bertz CT molecular complexity index is 927. The highest BCUT2D eigenvalue weighted by Crippen LogP contribution is 2.21. The summed E-state index contributed by atoms with van der Waals surface area (Å²) < 4.78 is 5.36. The summed E-state index contributed by atoms with van der Waals surface area (Å²) in [5, 5.41) is 2.77. The maximum Gasteiger partial charge on any atom is 0.408 e. The first-order chi connectivity index (χ1) is 15.8. The first-order valence-electron chi connectivity index (χ1n) is 11.2. The van der Waals surface area contributed by atoms with E-state index < -0.39 is 17.7 Å². The van der Waals surface area contributed by atoms with Gasteiger partial charge in [-0.2, -0.15) is 11.8 Å². The predicted octanol–water partition coefficient (Wildman–Crippen LogP) is 3.44. The number of carbonyl (C=O) groups excluding carboxylic acids is 2. The summed E-state index contributed by atoms with van der Waals surface area (Å²) in [4.78, 5) is 38.3. The van der Waals surface area contributed by atoms with Crippen LogP contribution in [0.3, 0.4) is 0 Å². The summed E-state index contributed by atoms with van der Waals surface area (Å²) >= 11 is 1.65. The average molecular weight is 472 g/mol. The molecule has 1 N–H and O–H groups in total. The Labute approximate surface area is 200 Å². The van der Waals surface area contributed by atoms with Gasteiger partial charge < -0.3 is 19.9 Å². The van der Waals surface area contributed by atoms with Gasteiger partial charge in [-0.25, -0.2) is 14.8 Å². The van der Waals surface area contributed by atoms with E-state index in [2.05, 4.69) is 20.2 Å². The molecule has 8 nitrogen and oxygen atoms in total. The fraction of sp³-hybridized carbons (Fsp3) is 0.500. The number of nitrogens with one attached hydrogen (secondary N) is 1. The minimum Gasteiger partial charge on any atom is -0.444 e. The van der Waals surface area contributed by atoms with Crippen molar-refractivity contribution in [3.63, 3.8) is 0 Å².